The van der Waals surface area contributed by atoms with E-state index < -0.39 is 78.8 Å². The van der Waals surface area contributed by atoms with Gasteiger partial charge in [0.25, 0.3) is 0 Å². The van der Waals surface area contributed by atoms with E-state index in [4.69, 9.17) is 41.3 Å². The number of carbonyl (C=O) groups is 1. The maximum Gasteiger partial charge on any atom is 0.249 e. The number of aliphatic hydroxyl groups excluding tert-OH is 4. The average Bonchev–Trinajstić information content (AvgIpc) is 2.91. The maximum atomic E-state index is 12.7. The summed E-state index contributed by atoms with van der Waals surface area (Å²) in [6.07, 6.45) is -7.43. The van der Waals surface area contributed by atoms with E-state index in [9.17, 15) is 25.2 Å². The number of aliphatic hydroxyl groups is 5. The molecule has 16 heteroatoms. The van der Waals surface area contributed by atoms with Crippen molar-refractivity contribution in [3.63, 3.8) is 0 Å². The number of nitrogens with two attached hydrogens (primary N) is 3. The van der Waals surface area contributed by atoms with Crippen molar-refractivity contribution in [2.24, 2.45) is 17.2 Å². The number of ether oxygens (including phenoxy) is 4. The molecule has 2 saturated heterocycles. The van der Waals surface area contributed by atoms with Crippen LogP contribution in [0.4, 0.5) is 0 Å². The summed E-state index contributed by atoms with van der Waals surface area (Å²) in [7, 11) is 1.57. The fourth-order valence-corrected chi connectivity index (χ4v) is 5.68. The van der Waals surface area contributed by atoms with Gasteiger partial charge in [-0.25, -0.2) is 0 Å². The normalized spacial score (nSPS) is 42.5. The molecule has 0 aromatic rings. The lowest BCUT2D eigenvalue weighted by molar-refractivity contribution is -0.307. The van der Waals surface area contributed by atoms with Crippen LogP contribution >= 0.6 is 0 Å². The smallest absolute Gasteiger partial charge is 0.249 e. The molecule has 0 unspecified atom stereocenters. The number of nitrogens with one attached hydrogen (secondary N) is 3. The standard InChI is InChI=1S/C25H50N6O10/c1-25(37)11-38-24(18(35)21(25)29-2)41-20-15(31-22(36)16(33)5-6-26)9-14(28)19(17(20)34)40-23-13(27)4-3-12(39-23)10-30-7-8-32/h12-21,23-24,29-30,32-35,37H,3-11,26-28H2,1-2H3,(H,31,36)/t12-,13+,14-,15+,16-,17+,18+,19+,20-,21+,23+,24+,25-/m0/s1. The van der Waals surface area contributed by atoms with Crippen LogP contribution in [0, 0.1) is 0 Å². The summed E-state index contributed by atoms with van der Waals surface area (Å²) in [5.74, 6) is -0.718. The molecule has 2 aliphatic heterocycles. The Bertz CT molecular complexity index is 815. The Morgan fingerprint density at radius 2 is 1.83 bits per heavy atom. The first kappa shape index (κ1) is 34.4. The fourth-order valence-electron chi connectivity index (χ4n) is 5.68. The van der Waals surface area contributed by atoms with Gasteiger partial charge in [-0.3, -0.25) is 4.79 Å². The highest BCUT2D eigenvalue weighted by atomic mass is 16.7. The van der Waals surface area contributed by atoms with E-state index >= 15 is 0 Å². The number of rotatable bonds is 13. The van der Waals surface area contributed by atoms with Crippen LogP contribution < -0.4 is 33.2 Å². The van der Waals surface area contributed by atoms with E-state index in [0.29, 0.717) is 25.9 Å². The van der Waals surface area contributed by atoms with Crippen molar-refractivity contribution in [3.8, 4) is 0 Å². The molecule has 1 aliphatic carbocycles. The van der Waals surface area contributed by atoms with Crippen LogP contribution in [0.2, 0.25) is 0 Å². The van der Waals surface area contributed by atoms with E-state index in [0.717, 1.165) is 0 Å². The van der Waals surface area contributed by atoms with Crippen LogP contribution in [-0.2, 0) is 23.7 Å². The molecular formula is C25H50N6O10. The van der Waals surface area contributed by atoms with Crippen LogP contribution in [-0.4, -0.2) is 150 Å². The Morgan fingerprint density at radius 3 is 2.49 bits per heavy atom. The van der Waals surface area contributed by atoms with Gasteiger partial charge in [0.1, 0.15) is 36.1 Å². The second-order valence-corrected chi connectivity index (χ2v) is 11.4. The van der Waals surface area contributed by atoms with Crippen molar-refractivity contribution in [1.29, 1.82) is 0 Å². The second-order valence-electron chi connectivity index (χ2n) is 11.4. The lowest BCUT2D eigenvalue weighted by Crippen LogP contribution is -2.69. The van der Waals surface area contributed by atoms with E-state index in [1.54, 1.807) is 7.05 Å². The highest BCUT2D eigenvalue weighted by molar-refractivity contribution is 5.80. The molecule has 41 heavy (non-hydrogen) atoms. The summed E-state index contributed by atoms with van der Waals surface area (Å²) in [5.41, 5.74) is 16.8. The van der Waals surface area contributed by atoms with Gasteiger partial charge in [-0.2, -0.15) is 0 Å². The predicted octanol–water partition coefficient (Wildman–Crippen LogP) is -5.49. The highest BCUT2D eigenvalue weighted by Gasteiger charge is 2.52. The van der Waals surface area contributed by atoms with E-state index in [-0.39, 0.29) is 38.7 Å². The van der Waals surface area contributed by atoms with Crippen LogP contribution in [0.25, 0.3) is 0 Å². The molecule has 14 N–H and O–H groups in total. The summed E-state index contributed by atoms with van der Waals surface area (Å²) in [6.45, 7) is 2.30. The molecule has 0 spiro atoms. The molecule has 3 fully saturated rings. The molecule has 2 heterocycles. The van der Waals surface area contributed by atoms with Gasteiger partial charge >= 0.3 is 0 Å². The van der Waals surface area contributed by atoms with Gasteiger partial charge in [-0.1, -0.05) is 0 Å². The third-order valence-corrected chi connectivity index (χ3v) is 7.97. The first-order chi connectivity index (χ1) is 19.4. The molecule has 1 amide bonds. The van der Waals surface area contributed by atoms with Crippen molar-refractivity contribution in [1.82, 2.24) is 16.0 Å². The van der Waals surface area contributed by atoms with Gasteiger partial charge in [-0.05, 0) is 46.2 Å². The summed E-state index contributed by atoms with van der Waals surface area (Å²) in [4.78, 5) is 12.7. The van der Waals surface area contributed by atoms with E-state index in [2.05, 4.69) is 16.0 Å². The van der Waals surface area contributed by atoms with Crippen LogP contribution in [0.3, 0.4) is 0 Å². The fraction of sp³-hybridized carbons (Fsp3) is 0.960. The van der Waals surface area contributed by atoms with E-state index in [1.807, 2.05) is 0 Å². The zero-order valence-electron chi connectivity index (χ0n) is 23.8. The highest BCUT2D eigenvalue weighted by Crippen LogP contribution is 2.32. The van der Waals surface area contributed by atoms with Crippen molar-refractivity contribution in [2.75, 3.05) is 39.9 Å². The number of carbonyl (C=O) groups excluding carboxylic acids is 1. The largest absolute Gasteiger partial charge is 0.395 e. The molecule has 240 valence electrons. The van der Waals surface area contributed by atoms with Crippen molar-refractivity contribution in [3.05, 3.63) is 0 Å². The maximum absolute atomic E-state index is 12.7. The van der Waals surface area contributed by atoms with Gasteiger partial charge in [-0.15, -0.1) is 0 Å². The van der Waals surface area contributed by atoms with Gasteiger partial charge < -0.3 is 77.6 Å². The van der Waals surface area contributed by atoms with Crippen molar-refractivity contribution >= 4 is 5.91 Å². The molecule has 13 atom stereocenters. The monoisotopic (exact) mass is 594 g/mol. The Labute approximate surface area is 240 Å². The molecule has 3 rings (SSSR count). The van der Waals surface area contributed by atoms with Crippen LogP contribution in [0.15, 0.2) is 0 Å². The molecule has 3 aliphatic rings. The zero-order chi connectivity index (χ0) is 30.3. The summed E-state index contributed by atoms with van der Waals surface area (Å²) in [6, 6.07) is -3.01. The Kier molecular flexibility index (Phi) is 13.1. The summed E-state index contributed by atoms with van der Waals surface area (Å²) in [5, 5.41) is 60.9. The first-order valence-corrected chi connectivity index (χ1v) is 14.3. The lowest BCUT2D eigenvalue weighted by atomic mass is 9.83. The zero-order valence-corrected chi connectivity index (χ0v) is 23.8. The summed E-state index contributed by atoms with van der Waals surface area (Å²) >= 11 is 0. The molecule has 16 nitrogen and oxygen atoms in total. The predicted molar refractivity (Wildman–Crippen MR) is 145 cm³/mol. The second kappa shape index (κ2) is 15.6. The molecule has 0 radical (unpaired) electrons. The number of likely N-dealkylation sites (N-methyl/N-ethyl adjacent to an activating group) is 1. The first-order valence-electron chi connectivity index (χ1n) is 14.3. The number of hydrogen-bond donors (Lipinski definition) is 11. The van der Waals surface area contributed by atoms with Crippen LogP contribution in [0.5, 0.6) is 0 Å². The van der Waals surface area contributed by atoms with Gasteiger partial charge in [0.15, 0.2) is 12.6 Å². The quantitative estimate of drug-likeness (QED) is 0.0888. The minimum Gasteiger partial charge on any atom is -0.395 e. The van der Waals surface area contributed by atoms with Gasteiger partial charge in [0, 0.05) is 19.1 Å². The minimum atomic E-state index is -1.44. The number of amides is 1. The molecule has 0 bridgehead atoms. The molecular weight excluding hydrogens is 544 g/mol. The Hall–Kier alpha value is -1.09. The van der Waals surface area contributed by atoms with Gasteiger partial charge in [0.05, 0.1) is 37.4 Å². The number of hydrogen-bond acceptors (Lipinski definition) is 15. The Balaban J connectivity index is 1.78. The SMILES string of the molecule is CN[C@@H]1[C@@H](O)[C@@H](O[C@@H]2[C@H](O)[C@H](O[C@H]3O[C@H](CNCCO)CC[C@H]3N)[C@@H](N)C[C@H]2NC(=O)[C@@H](O)CCN)OC[C@]1(C)O. The minimum absolute atomic E-state index is 0.0103. The van der Waals surface area contributed by atoms with Crippen molar-refractivity contribution in [2.45, 2.75) is 112 Å². The summed E-state index contributed by atoms with van der Waals surface area (Å²) < 4.78 is 23.9. The van der Waals surface area contributed by atoms with E-state index in [1.165, 1.54) is 6.92 Å². The third kappa shape index (κ3) is 8.73. The molecule has 0 aromatic carbocycles. The topological polar surface area (TPSA) is 269 Å². The molecule has 0 aromatic heterocycles. The molecule has 1 saturated carbocycles. The van der Waals surface area contributed by atoms with Gasteiger partial charge in [0.2, 0.25) is 5.91 Å². The third-order valence-electron chi connectivity index (χ3n) is 7.97. The Morgan fingerprint density at radius 1 is 1.12 bits per heavy atom. The van der Waals surface area contributed by atoms with Crippen molar-refractivity contribution < 1.29 is 49.3 Å². The average molecular weight is 595 g/mol. The lowest BCUT2D eigenvalue weighted by Gasteiger charge is -2.49. The van der Waals surface area contributed by atoms with Crippen LogP contribution in [0.1, 0.15) is 32.6 Å².